The SMILES string of the molecule is COC12C=CC(=O)C=C1c1ccccc1C2. The number of rotatable bonds is 1. The van der Waals surface area contributed by atoms with Crippen molar-refractivity contribution in [3.05, 3.63) is 53.6 Å². The highest BCUT2D eigenvalue weighted by Gasteiger charge is 2.41. The molecule has 80 valence electrons. The molecule has 0 amide bonds. The Morgan fingerprint density at radius 1 is 1.31 bits per heavy atom. The van der Waals surface area contributed by atoms with Crippen LogP contribution in [0.2, 0.25) is 0 Å². The average molecular weight is 212 g/mol. The molecule has 1 atom stereocenters. The molecule has 0 aliphatic heterocycles. The molecule has 0 N–H and O–H groups in total. The Bertz CT molecular complexity index is 525. The fourth-order valence-electron chi connectivity index (χ4n) is 2.55. The fourth-order valence-corrected chi connectivity index (χ4v) is 2.55. The number of fused-ring (bicyclic) bond motifs is 3. The third-order valence-electron chi connectivity index (χ3n) is 3.38. The summed E-state index contributed by atoms with van der Waals surface area (Å²) in [5, 5.41) is 0. The minimum absolute atomic E-state index is 0.0411. The summed E-state index contributed by atoms with van der Waals surface area (Å²) in [4.78, 5) is 11.5. The first-order chi connectivity index (χ1) is 7.75. The number of carbonyl (C=O) groups excluding carboxylic acids is 1. The molecule has 2 aliphatic carbocycles. The molecule has 1 aromatic rings. The van der Waals surface area contributed by atoms with Crippen molar-refractivity contribution in [1.29, 1.82) is 0 Å². The lowest BCUT2D eigenvalue weighted by atomic mass is 9.89. The predicted octanol–water partition coefficient (Wildman–Crippen LogP) is 2.15. The Morgan fingerprint density at radius 2 is 2.12 bits per heavy atom. The number of hydrogen-bond acceptors (Lipinski definition) is 2. The molecule has 0 fully saturated rings. The van der Waals surface area contributed by atoms with Gasteiger partial charge in [0.05, 0.1) is 0 Å². The summed E-state index contributed by atoms with van der Waals surface area (Å²) in [6, 6.07) is 8.15. The van der Waals surface area contributed by atoms with E-state index in [0.717, 1.165) is 17.6 Å². The molecule has 0 saturated heterocycles. The van der Waals surface area contributed by atoms with Crippen LogP contribution >= 0.6 is 0 Å². The van der Waals surface area contributed by atoms with Crippen molar-refractivity contribution in [1.82, 2.24) is 0 Å². The van der Waals surface area contributed by atoms with Gasteiger partial charge in [0.1, 0.15) is 5.60 Å². The summed E-state index contributed by atoms with van der Waals surface area (Å²) in [6.45, 7) is 0. The Hall–Kier alpha value is -1.67. The lowest BCUT2D eigenvalue weighted by molar-refractivity contribution is -0.110. The summed E-state index contributed by atoms with van der Waals surface area (Å²) in [5.74, 6) is 0.0411. The van der Waals surface area contributed by atoms with Crippen LogP contribution in [0.25, 0.3) is 5.57 Å². The molecular weight excluding hydrogens is 200 g/mol. The van der Waals surface area contributed by atoms with Crippen LogP contribution in [0.15, 0.2) is 42.5 Å². The van der Waals surface area contributed by atoms with Crippen LogP contribution < -0.4 is 0 Å². The molecule has 1 aromatic carbocycles. The molecule has 0 bridgehead atoms. The molecule has 16 heavy (non-hydrogen) atoms. The van der Waals surface area contributed by atoms with Gasteiger partial charge in [0.25, 0.3) is 0 Å². The van der Waals surface area contributed by atoms with Crippen molar-refractivity contribution in [2.24, 2.45) is 0 Å². The van der Waals surface area contributed by atoms with E-state index in [1.807, 2.05) is 24.3 Å². The maximum absolute atomic E-state index is 11.5. The molecule has 2 nitrogen and oxygen atoms in total. The Labute approximate surface area is 94.2 Å². The van der Waals surface area contributed by atoms with Gasteiger partial charge >= 0.3 is 0 Å². The van der Waals surface area contributed by atoms with Crippen molar-refractivity contribution in [3.8, 4) is 0 Å². The van der Waals surface area contributed by atoms with Crippen LogP contribution in [0, 0.1) is 0 Å². The summed E-state index contributed by atoms with van der Waals surface area (Å²) >= 11 is 0. The smallest absolute Gasteiger partial charge is 0.178 e. The lowest BCUT2D eigenvalue weighted by Gasteiger charge is -2.27. The number of ether oxygens (including phenoxy) is 1. The summed E-state index contributed by atoms with van der Waals surface area (Å²) < 4.78 is 5.63. The number of hydrogen-bond donors (Lipinski definition) is 0. The van der Waals surface area contributed by atoms with E-state index < -0.39 is 5.60 Å². The first-order valence-electron chi connectivity index (χ1n) is 5.34. The van der Waals surface area contributed by atoms with Crippen molar-refractivity contribution in [3.63, 3.8) is 0 Å². The number of allylic oxidation sites excluding steroid dienone is 2. The highest BCUT2D eigenvalue weighted by atomic mass is 16.5. The van der Waals surface area contributed by atoms with Crippen molar-refractivity contribution in [2.75, 3.05) is 7.11 Å². The Morgan fingerprint density at radius 3 is 2.94 bits per heavy atom. The third kappa shape index (κ3) is 1.14. The molecule has 0 heterocycles. The zero-order chi connectivity index (χ0) is 11.2. The van der Waals surface area contributed by atoms with Crippen molar-refractivity contribution in [2.45, 2.75) is 12.0 Å². The maximum Gasteiger partial charge on any atom is 0.178 e. The number of benzene rings is 1. The van der Waals surface area contributed by atoms with Crippen LogP contribution in [-0.2, 0) is 16.0 Å². The highest BCUT2D eigenvalue weighted by molar-refractivity contribution is 6.09. The van der Waals surface area contributed by atoms with Crippen LogP contribution in [0.4, 0.5) is 0 Å². The molecule has 2 aliphatic rings. The van der Waals surface area contributed by atoms with E-state index in [0.29, 0.717) is 0 Å². The van der Waals surface area contributed by atoms with Gasteiger partial charge in [-0.2, -0.15) is 0 Å². The second kappa shape index (κ2) is 3.16. The summed E-state index contributed by atoms with van der Waals surface area (Å²) in [7, 11) is 1.69. The van der Waals surface area contributed by atoms with Gasteiger partial charge in [0, 0.05) is 13.5 Å². The van der Waals surface area contributed by atoms with Crippen LogP contribution in [-0.4, -0.2) is 18.5 Å². The van der Waals surface area contributed by atoms with Gasteiger partial charge in [-0.25, -0.2) is 0 Å². The van der Waals surface area contributed by atoms with E-state index >= 15 is 0 Å². The summed E-state index contributed by atoms with van der Waals surface area (Å²) in [6.07, 6.45) is 5.98. The third-order valence-corrected chi connectivity index (χ3v) is 3.38. The zero-order valence-corrected chi connectivity index (χ0v) is 9.07. The topological polar surface area (TPSA) is 26.3 Å². The fraction of sp³-hybridized carbons (Fsp3) is 0.214. The van der Waals surface area contributed by atoms with Gasteiger partial charge in [-0.3, -0.25) is 4.79 Å². The van der Waals surface area contributed by atoms with Gasteiger partial charge in [-0.1, -0.05) is 24.3 Å². The molecule has 0 spiro atoms. The zero-order valence-electron chi connectivity index (χ0n) is 9.07. The summed E-state index contributed by atoms with van der Waals surface area (Å²) in [5.41, 5.74) is 2.97. The quantitative estimate of drug-likeness (QED) is 0.713. The second-order valence-corrected chi connectivity index (χ2v) is 4.22. The van der Waals surface area contributed by atoms with Crippen LogP contribution in [0.5, 0.6) is 0 Å². The monoisotopic (exact) mass is 212 g/mol. The normalized spacial score (nSPS) is 26.3. The number of ketones is 1. The van der Waals surface area contributed by atoms with Gasteiger partial charge in [-0.15, -0.1) is 0 Å². The predicted molar refractivity (Wildman–Crippen MR) is 62.0 cm³/mol. The first kappa shape index (κ1) is 9.55. The van der Waals surface area contributed by atoms with Gasteiger partial charge in [-0.05, 0) is 34.9 Å². The van der Waals surface area contributed by atoms with Gasteiger partial charge in [0.15, 0.2) is 5.78 Å². The molecule has 2 heteroatoms. The molecular formula is C14H12O2. The van der Waals surface area contributed by atoms with Crippen molar-refractivity contribution < 1.29 is 9.53 Å². The largest absolute Gasteiger partial charge is 0.369 e. The number of carbonyl (C=O) groups is 1. The van der Waals surface area contributed by atoms with E-state index in [1.54, 1.807) is 19.3 Å². The van der Waals surface area contributed by atoms with E-state index in [-0.39, 0.29) is 5.78 Å². The molecule has 0 radical (unpaired) electrons. The van der Waals surface area contributed by atoms with Gasteiger partial charge < -0.3 is 4.74 Å². The second-order valence-electron chi connectivity index (χ2n) is 4.22. The van der Waals surface area contributed by atoms with E-state index in [4.69, 9.17) is 4.74 Å². The van der Waals surface area contributed by atoms with Gasteiger partial charge in [0.2, 0.25) is 0 Å². The molecule has 3 rings (SSSR count). The maximum atomic E-state index is 11.5. The van der Waals surface area contributed by atoms with E-state index in [2.05, 4.69) is 6.07 Å². The first-order valence-corrected chi connectivity index (χ1v) is 5.34. The number of methoxy groups -OCH3 is 1. The lowest BCUT2D eigenvalue weighted by Crippen LogP contribution is -2.31. The molecule has 0 aromatic heterocycles. The van der Waals surface area contributed by atoms with Crippen LogP contribution in [0.3, 0.4) is 0 Å². The van der Waals surface area contributed by atoms with E-state index in [9.17, 15) is 4.79 Å². The molecule has 0 saturated carbocycles. The van der Waals surface area contributed by atoms with Crippen LogP contribution in [0.1, 0.15) is 11.1 Å². The Balaban J connectivity index is 2.23. The average Bonchev–Trinajstić information content (AvgIpc) is 2.64. The molecule has 1 unspecified atom stereocenters. The standard InChI is InChI=1S/C14H12O2/c1-16-14-7-6-11(15)8-13(14)12-5-3-2-4-10(12)9-14/h2-8H,9H2,1H3. The van der Waals surface area contributed by atoms with Crippen molar-refractivity contribution >= 4 is 11.4 Å². The van der Waals surface area contributed by atoms with E-state index in [1.165, 1.54) is 5.56 Å². The highest BCUT2D eigenvalue weighted by Crippen LogP contribution is 2.44. The minimum atomic E-state index is -0.419. The Kier molecular flexibility index (Phi) is 1.88. The minimum Gasteiger partial charge on any atom is -0.369 e.